The molecular formula is C30H24ClNO4. The van der Waals surface area contributed by atoms with Crippen molar-refractivity contribution in [2.75, 3.05) is 0 Å². The van der Waals surface area contributed by atoms with E-state index in [0.717, 1.165) is 6.54 Å². The zero-order valence-electron chi connectivity index (χ0n) is 19.4. The first kappa shape index (κ1) is 25.3. The molecule has 6 heteroatoms. The molecule has 0 aliphatic rings. The van der Waals surface area contributed by atoms with E-state index >= 15 is 0 Å². The maximum absolute atomic E-state index is 8.49. The van der Waals surface area contributed by atoms with Crippen LogP contribution in [0.2, 0.25) is 0 Å². The van der Waals surface area contributed by atoms with Gasteiger partial charge in [-0.05, 0) is 35.4 Å². The van der Waals surface area contributed by atoms with Gasteiger partial charge in [0.2, 0.25) is 11.4 Å². The molecule has 0 saturated heterocycles. The van der Waals surface area contributed by atoms with E-state index in [-0.39, 0.29) is 0 Å². The summed E-state index contributed by atoms with van der Waals surface area (Å²) in [4.78, 5) is 0. The first-order valence-electron chi connectivity index (χ1n) is 11.3. The molecule has 36 heavy (non-hydrogen) atoms. The number of rotatable bonds is 5. The lowest BCUT2D eigenvalue weighted by Crippen LogP contribution is -2.68. The molecule has 0 N–H and O–H groups in total. The van der Waals surface area contributed by atoms with Crippen molar-refractivity contribution in [3.63, 3.8) is 0 Å². The van der Waals surface area contributed by atoms with Gasteiger partial charge in [0.05, 0.1) is 0 Å². The highest BCUT2D eigenvalue weighted by Gasteiger charge is 2.22. The summed E-state index contributed by atoms with van der Waals surface area (Å²) in [5, 5.41) is 0. The molecule has 1 aromatic heterocycles. The van der Waals surface area contributed by atoms with Crippen molar-refractivity contribution in [1.82, 2.24) is 0 Å². The molecule has 0 fully saturated rings. The third-order valence-electron chi connectivity index (χ3n) is 5.60. The molecular weight excluding hydrogens is 474 g/mol. The molecule has 1 heterocycles. The van der Waals surface area contributed by atoms with Gasteiger partial charge in [0.1, 0.15) is 0 Å². The van der Waals surface area contributed by atoms with Crippen molar-refractivity contribution < 1.29 is 33.4 Å². The van der Waals surface area contributed by atoms with E-state index in [4.69, 9.17) is 18.6 Å². The van der Waals surface area contributed by atoms with Gasteiger partial charge >= 0.3 is 0 Å². The Balaban J connectivity index is 0.000000556. The Morgan fingerprint density at radius 3 is 1.17 bits per heavy atom. The molecule has 0 bridgehead atoms. The number of halogens is 1. The first-order chi connectivity index (χ1) is 17.4. The van der Waals surface area contributed by atoms with Gasteiger partial charge in [-0.3, -0.25) is 0 Å². The number of pyridine rings is 1. The van der Waals surface area contributed by atoms with Crippen LogP contribution in [0, 0.1) is 10.2 Å². The summed E-state index contributed by atoms with van der Waals surface area (Å²) in [7, 11) is -4.94. The monoisotopic (exact) mass is 497 g/mol. The Bertz CT molecular complexity index is 1310. The van der Waals surface area contributed by atoms with Crippen LogP contribution >= 0.6 is 0 Å². The summed E-state index contributed by atoms with van der Waals surface area (Å²) >= 11 is 0. The van der Waals surface area contributed by atoms with E-state index in [9.17, 15) is 0 Å². The molecule has 5 nitrogen and oxygen atoms in total. The van der Waals surface area contributed by atoms with E-state index < -0.39 is 10.2 Å². The van der Waals surface area contributed by atoms with E-state index in [1.54, 1.807) is 0 Å². The molecule has 4 aromatic carbocycles. The normalized spacial score (nSPS) is 10.9. The predicted octanol–water partition coefficient (Wildman–Crippen LogP) is 2.27. The van der Waals surface area contributed by atoms with Crippen molar-refractivity contribution in [3.8, 4) is 33.6 Å². The Morgan fingerprint density at radius 1 is 0.444 bits per heavy atom. The molecule has 0 unspecified atom stereocenters. The maximum Gasteiger partial charge on any atom is 0.213 e. The van der Waals surface area contributed by atoms with Crippen LogP contribution in [0.4, 0.5) is 0 Å². The molecule has 5 aromatic rings. The van der Waals surface area contributed by atoms with Gasteiger partial charge in [-0.15, -0.1) is 10.2 Å². The topological polar surface area (TPSA) is 96.1 Å². The minimum absolute atomic E-state index is 0.810. The van der Waals surface area contributed by atoms with Gasteiger partial charge in [-0.25, -0.2) is 18.6 Å². The van der Waals surface area contributed by atoms with Crippen LogP contribution in [0.15, 0.2) is 133 Å². The van der Waals surface area contributed by atoms with E-state index in [1.165, 1.54) is 39.2 Å². The number of hydrogen-bond acceptors (Lipinski definition) is 4. The van der Waals surface area contributed by atoms with Crippen LogP contribution in [-0.2, 0) is 6.54 Å². The molecule has 0 aliphatic heterocycles. The van der Waals surface area contributed by atoms with Crippen LogP contribution in [0.25, 0.3) is 33.6 Å². The zero-order chi connectivity index (χ0) is 25.4. The zero-order valence-corrected chi connectivity index (χ0v) is 20.1. The van der Waals surface area contributed by atoms with Gasteiger partial charge in [-0.2, -0.15) is 4.57 Å². The predicted molar refractivity (Wildman–Crippen MR) is 128 cm³/mol. The third kappa shape index (κ3) is 7.09. The van der Waals surface area contributed by atoms with Crippen molar-refractivity contribution in [2.24, 2.45) is 0 Å². The average molecular weight is 498 g/mol. The second-order valence-corrected chi connectivity index (χ2v) is 8.82. The molecule has 0 aliphatic carbocycles. The van der Waals surface area contributed by atoms with Crippen molar-refractivity contribution >= 4 is 0 Å². The molecule has 5 rings (SSSR count). The Hall–Kier alpha value is -3.84. The quantitative estimate of drug-likeness (QED) is 0.348. The third-order valence-corrected chi connectivity index (χ3v) is 5.60. The van der Waals surface area contributed by atoms with E-state index in [1.807, 2.05) is 0 Å². The lowest BCUT2D eigenvalue weighted by molar-refractivity contribution is -2.00. The van der Waals surface area contributed by atoms with Gasteiger partial charge in [0.15, 0.2) is 6.54 Å². The SMILES string of the molecule is [O-][Cl+3]([O-])([O-])[O-].c1ccc(C[n+]2c(-c3ccccc3)cc(-c3ccccc3)cc2-c2ccccc2)cc1. The van der Waals surface area contributed by atoms with Crippen LogP contribution in [-0.4, -0.2) is 0 Å². The Labute approximate surface area is 212 Å². The lowest BCUT2D eigenvalue weighted by Gasteiger charge is -2.17. The number of nitrogens with zero attached hydrogens (tertiary/aromatic N) is 1. The van der Waals surface area contributed by atoms with Gasteiger partial charge in [0.25, 0.3) is 0 Å². The van der Waals surface area contributed by atoms with Crippen molar-refractivity contribution in [3.05, 3.63) is 139 Å². The molecule has 0 spiro atoms. The minimum Gasteiger partial charge on any atom is -0.222 e. The molecule has 0 radical (unpaired) electrons. The summed E-state index contributed by atoms with van der Waals surface area (Å²) in [5.74, 6) is 0. The van der Waals surface area contributed by atoms with Crippen LogP contribution in [0.1, 0.15) is 5.56 Å². The highest BCUT2D eigenvalue weighted by Crippen LogP contribution is 2.29. The summed E-state index contributed by atoms with van der Waals surface area (Å²) < 4.78 is 36.4. The smallest absolute Gasteiger partial charge is 0.213 e. The molecule has 0 saturated carbocycles. The largest absolute Gasteiger partial charge is 0.222 e. The highest BCUT2D eigenvalue weighted by molar-refractivity contribution is 5.73. The Kier molecular flexibility index (Phi) is 8.23. The molecule has 0 atom stereocenters. The second-order valence-electron chi connectivity index (χ2n) is 8.06. The summed E-state index contributed by atoms with van der Waals surface area (Å²) in [5.41, 5.74) is 8.59. The van der Waals surface area contributed by atoms with Crippen LogP contribution in [0.3, 0.4) is 0 Å². The number of benzene rings is 4. The number of hydrogen-bond donors (Lipinski definition) is 0. The summed E-state index contributed by atoms with van der Waals surface area (Å²) in [6.07, 6.45) is 0. The molecule has 0 amide bonds. The van der Waals surface area contributed by atoms with E-state index in [0.29, 0.717) is 0 Å². The average Bonchev–Trinajstić information content (AvgIpc) is 2.90. The fourth-order valence-corrected chi connectivity index (χ4v) is 4.05. The molecule has 180 valence electrons. The van der Waals surface area contributed by atoms with E-state index in [2.05, 4.69) is 138 Å². The number of aromatic nitrogens is 1. The van der Waals surface area contributed by atoms with Crippen molar-refractivity contribution in [1.29, 1.82) is 0 Å². The second kappa shape index (κ2) is 11.7. The Morgan fingerprint density at radius 2 is 0.778 bits per heavy atom. The first-order valence-corrected chi connectivity index (χ1v) is 12.5. The maximum atomic E-state index is 8.49. The lowest BCUT2D eigenvalue weighted by atomic mass is 9.98. The van der Waals surface area contributed by atoms with Crippen LogP contribution in [0.5, 0.6) is 0 Å². The summed E-state index contributed by atoms with van der Waals surface area (Å²) in [6.45, 7) is 0.810. The fourth-order valence-electron chi connectivity index (χ4n) is 4.05. The van der Waals surface area contributed by atoms with Gasteiger partial charge in [-0.1, -0.05) is 97.1 Å². The van der Waals surface area contributed by atoms with Gasteiger partial charge in [0, 0.05) is 28.8 Å². The summed E-state index contributed by atoms with van der Waals surface area (Å²) in [6, 6.07) is 47.3. The standard InChI is InChI=1S/C30H24N.ClHO4/c1-5-13-24(14-6-1)23-31-29(26-17-9-3-10-18-26)21-28(25-15-7-2-8-16-25)22-30(31)27-19-11-4-12-20-27;2-1(3,4)5/h1-22H,23H2;(H,2,3,4,5)/q+1;/p-1. The minimum atomic E-state index is -4.94. The fraction of sp³-hybridized carbons (Fsp3) is 0.0333. The van der Waals surface area contributed by atoms with Crippen LogP contribution < -0.4 is 23.2 Å². The van der Waals surface area contributed by atoms with Gasteiger partial charge < -0.3 is 0 Å². The highest BCUT2D eigenvalue weighted by atomic mass is 35.7. The van der Waals surface area contributed by atoms with Crippen molar-refractivity contribution in [2.45, 2.75) is 6.54 Å².